The molecule has 5 nitrogen and oxygen atoms in total. The number of aliphatic hydroxyl groups excluding tert-OH is 1. The van der Waals surface area contributed by atoms with Gasteiger partial charge in [-0.1, -0.05) is 48.9 Å². The van der Waals surface area contributed by atoms with E-state index in [-0.39, 0.29) is 12.1 Å². The van der Waals surface area contributed by atoms with Gasteiger partial charge in [-0.2, -0.15) is 0 Å². The van der Waals surface area contributed by atoms with Crippen LogP contribution in [0.3, 0.4) is 0 Å². The fraction of sp³-hybridized carbons (Fsp3) is 0.364. The molecule has 1 fully saturated rings. The second kappa shape index (κ2) is 8.03. The summed E-state index contributed by atoms with van der Waals surface area (Å²) in [5.74, 6) is 0.608. The Kier molecular flexibility index (Phi) is 5.32. The third-order valence-electron chi connectivity index (χ3n) is 5.20. The number of rotatable bonds is 5. The van der Waals surface area contributed by atoms with Gasteiger partial charge < -0.3 is 10.0 Å². The summed E-state index contributed by atoms with van der Waals surface area (Å²) in [5, 5.41) is 11.3. The number of hydrogen-bond donors (Lipinski definition) is 1. The number of piperidine rings is 1. The Morgan fingerprint density at radius 2 is 1.63 bits per heavy atom. The summed E-state index contributed by atoms with van der Waals surface area (Å²) in [7, 11) is 0. The van der Waals surface area contributed by atoms with Crippen LogP contribution in [0.25, 0.3) is 22.3 Å². The second-order valence-electron chi connectivity index (χ2n) is 7.25. The predicted molar refractivity (Wildman–Crippen MR) is 108 cm³/mol. The van der Waals surface area contributed by atoms with Crippen molar-refractivity contribution in [1.82, 2.24) is 14.5 Å². The van der Waals surface area contributed by atoms with Crippen molar-refractivity contribution in [2.75, 3.05) is 19.6 Å². The Hall–Kier alpha value is -2.50. The van der Waals surface area contributed by atoms with Crippen LogP contribution in [0.4, 0.5) is 0 Å². The van der Waals surface area contributed by atoms with E-state index >= 15 is 0 Å². The lowest BCUT2D eigenvalue weighted by molar-refractivity contribution is 0.0878. The molecule has 1 saturated heterocycles. The molecule has 1 unspecified atom stereocenters. The Morgan fingerprint density at radius 1 is 0.926 bits per heavy atom. The maximum atomic E-state index is 13.1. The van der Waals surface area contributed by atoms with E-state index in [4.69, 9.17) is 4.98 Å². The molecule has 2 heterocycles. The predicted octanol–water partition coefficient (Wildman–Crippen LogP) is 2.91. The number of β-amino-alcohol motifs (C(OH)–C–C–N with tert-alkyl or cyclic N) is 1. The normalized spacial score (nSPS) is 16.5. The van der Waals surface area contributed by atoms with Crippen LogP contribution in [-0.2, 0) is 6.54 Å². The standard InChI is InChI=1S/C22H25N3O2/c26-18(15-24-13-7-2-8-14-24)16-25-21(17-9-3-1-4-10-17)23-20-12-6-5-11-19(20)22(25)27/h1,3-6,9-12,18,26H,2,7-8,13-16H2. The molecule has 0 radical (unpaired) electrons. The van der Waals surface area contributed by atoms with E-state index in [2.05, 4.69) is 4.90 Å². The average Bonchev–Trinajstić information content (AvgIpc) is 2.71. The van der Waals surface area contributed by atoms with Gasteiger partial charge in [-0.3, -0.25) is 9.36 Å². The summed E-state index contributed by atoms with van der Waals surface area (Å²) < 4.78 is 1.63. The molecule has 3 aromatic rings. The number of aromatic nitrogens is 2. The molecular weight excluding hydrogens is 338 g/mol. The van der Waals surface area contributed by atoms with Gasteiger partial charge in [0.2, 0.25) is 0 Å². The average molecular weight is 363 g/mol. The van der Waals surface area contributed by atoms with Crippen molar-refractivity contribution >= 4 is 10.9 Å². The van der Waals surface area contributed by atoms with Crippen LogP contribution in [0.1, 0.15) is 19.3 Å². The zero-order chi connectivity index (χ0) is 18.6. The molecule has 2 aromatic carbocycles. The molecule has 1 aliphatic rings. The van der Waals surface area contributed by atoms with E-state index in [0.717, 1.165) is 18.7 Å². The molecule has 0 bridgehead atoms. The van der Waals surface area contributed by atoms with Crippen molar-refractivity contribution in [3.63, 3.8) is 0 Å². The third-order valence-corrected chi connectivity index (χ3v) is 5.20. The number of aliphatic hydroxyl groups is 1. The van der Waals surface area contributed by atoms with E-state index in [1.165, 1.54) is 19.3 Å². The lowest BCUT2D eigenvalue weighted by Crippen LogP contribution is -2.39. The zero-order valence-corrected chi connectivity index (χ0v) is 15.4. The van der Waals surface area contributed by atoms with Crippen molar-refractivity contribution < 1.29 is 5.11 Å². The van der Waals surface area contributed by atoms with E-state index in [1.807, 2.05) is 48.5 Å². The first-order chi connectivity index (χ1) is 13.2. The molecule has 27 heavy (non-hydrogen) atoms. The first-order valence-electron chi connectivity index (χ1n) is 9.68. The Labute approximate surface area is 158 Å². The smallest absolute Gasteiger partial charge is 0.261 e. The number of nitrogens with zero attached hydrogens (tertiary/aromatic N) is 3. The van der Waals surface area contributed by atoms with Crippen LogP contribution in [0.15, 0.2) is 59.4 Å². The number of likely N-dealkylation sites (tertiary alicyclic amines) is 1. The van der Waals surface area contributed by atoms with E-state index < -0.39 is 6.10 Å². The summed E-state index contributed by atoms with van der Waals surface area (Å²) in [4.78, 5) is 20.2. The van der Waals surface area contributed by atoms with E-state index in [1.54, 1.807) is 10.6 Å². The molecule has 140 valence electrons. The molecule has 0 spiro atoms. The lowest BCUT2D eigenvalue weighted by atomic mass is 10.1. The highest BCUT2D eigenvalue weighted by atomic mass is 16.3. The van der Waals surface area contributed by atoms with Crippen molar-refractivity contribution in [2.24, 2.45) is 0 Å². The fourth-order valence-corrected chi connectivity index (χ4v) is 3.85. The second-order valence-corrected chi connectivity index (χ2v) is 7.25. The van der Waals surface area contributed by atoms with Gasteiger partial charge in [0.15, 0.2) is 0 Å². The van der Waals surface area contributed by atoms with Gasteiger partial charge in [-0.15, -0.1) is 0 Å². The first kappa shape index (κ1) is 17.9. The summed E-state index contributed by atoms with van der Waals surface area (Å²) in [6.07, 6.45) is 3.02. The van der Waals surface area contributed by atoms with Gasteiger partial charge in [-0.05, 0) is 38.1 Å². The van der Waals surface area contributed by atoms with Crippen LogP contribution in [0.5, 0.6) is 0 Å². The molecule has 1 aliphatic heterocycles. The van der Waals surface area contributed by atoms with Gasteiger partial charge in [0.1, 0.15) is 5.82 Å². The number of fused-ring (bicyclic) bond motifs is 1. The molecule has 1 N–H and O–H groups in total. The maximum Gasteiger partial charge on any atom is 0.261 e. The van der Waals surface area contributed by atoms with Gasteiger partial charge in [0.05, 0.1) is 23.6 Å². The van der Waals surface area contributed by atoms with Crippen LogP contribution in [0.2, 0.25) is 0 Å². The number of hydrogen-bond acceptors (Lipinski definition) is 4. The zero-order valence-electron chi connectivity index (χ0n) is 15.4. The van der Waals surface area contributed by atoms with Crippen molar-refractivity contribution in [1.29, 1.82) is 0 Å². The van der Waals surface area contributed by atoms with Crippen molar-refractivity contribution in [2.45, 2.75) is 31.9 Å². The Bertz CT molecular complexity index is 962. The lowest BCUT2D eigenvalue weighted by Gasteiger charge is -2.29. The van der Waals surface area contributed by atoms with E-state index in [0.29, 0.717) is 23.3 Å². The molecule has 0 amide bonds. The highest BCUT2D eigenvalue weighted by molar-refractivity contribution is 5.79. The monoisotopic (exact) mass is 363 g/mol. The largest absolute Gasteiger partial charge is 0.390 e. The number of para-hydroxylation sites is 1. The molecular formula is C22H25N3O2. The third kappa shape index (κ3) is 3.94. The van der Waals surface area contributed by atoms with Gasteiger partial charge in [-0.25, -0.2) is 4.98 Å². The molecule has 5 heteroatoms. The molecule has 0 saturated carbocycles. The quantitative estimate of drug-likeness (QED) is 0.757. The number of benzene rings is 2. The molecule has 0 aliphatic carbocycles. The van der Waals surface area contributed by atoms with Crippen molar-refractivity contribution in [3.8, 4) is 11.4 Å². The van der Waals surface area contributed by atoms with Crippen molar-refractivity contribution in [3.05, 3.63) is 65.0 Å². The molecule has 1 aromatic heterocycles. The summed E-state index contributed by atoms with van der Waals surface area (Å²) in [6.45, 7) is 2.88. The van der Waals surface area contributed by atoms with Crippen LogP contribution < -0.4 is 5.56 Å². The van der Waals surface area contributed by atoms with Crippen LogP contribution >= 0.6 is 0 Å². The topological polar surface area (TPSA) is 58.4 Å². The minimum atomic E-state index is -0.605. The van der Waals surface area contributed by atoms with Crippen LogP contribution in [0, 0.1) is 0 Å². The minimum Gasteiger partial charge on any atom is -0.390 e. The highest BCUT2D eigenvalue weighted by Crippen LogP contribution is 2.19. The van der Waals surface area contributed by atoms with E-state index in [9.17, 15) is 9.90 Å². The highest BCUT2D eigenvalue weighted by Gasteiger charge is 2.19. The minimum absolute atomic E-state index is 0.0999. The Balaban J connectivity index is 1.71. The fourth-order valence-electron chi connectivity index (χ4n) is 3.85. The summed E-state index contributed by atoms with van der Waals surface area (Å²) in [5.41, 5.74) is 1.46. The van der Waals surface area contributed by atoms with Gasteiger partial charge in [0.25, 0.3) is 5.56 Å². The maximum absolute atomic E-state index is 13.1. The van der Waals surface area contributed by atoms with Crippen LogP contribution in [-0.4, -0.2) is 45.3 Å². The molecule has 1 atom stereocenters. The SMILES string of the molecule is O=c1c2ccccc2nc(-c2ccccc2)n1CC(O)CN1CCCCC1. The summed E-state index contributed by atoms with van der Waals surface area (Å²) in [6, 6.07) is 17.1. The summed E-state index contributed by atoms with van der Waals surface area (Å²) >= 11 is 0. The van der Waals surface area contributed by atoms with Gasteiger partial charge in [0, 0.05) is 12.1 Å². The van der Waals surface area contributed by atoms with Gasteiger partial charge >= 0.3 is 0 Å². The first-order valence-corrected chi connectivity index (χ1v) is 9.68. The molecule has 4 rings (SSSR count). The Morgan fingerprint density at radius 3 is 2.41 bits per heavy atom.